The summed E-state index contributed by atoms with van der Waals surface area (Å²) < 4.78 is 6.52. The van der Waals surface area contributed by atoms with E-state index in [4.69, 9.17) is 9.69 Å². The van der Waals surface area contributed by atoms with Crippen molar-refractivity contribution in [1.82, 2.24) is 0 Å². The molecule has 2 unspecified atom stereocenters. The van der Waals surface area contributed by atoms with Crippen molar-refractivity contribution in [3.05, 3.63) is 35.4 Å². The minimum Gasteiger partial charge on any atom is -0.414 e. The average molecular weight is 330 g/mol. The molecular weight excluding hydrogens is 302 g/mol. The summed E-state index contributed by atoms with van der Waals surface area (Å²) in [5.41, 5.74) is 1.64. The molecular formula is C19H27NO2Si. The van der Waals surface area contributed by atoms with E-state index in [2.05, 4.69) is 39.9 Å². The fraction of sp³-hybridized carbons (Fsp3) is 0.579. The molecule has 23 heavy (non-hydrogen) atoms. The lowest BCUT2D eigenvalue weighted by Gasteiger charge is -2.41. The molecule has 0 saturated heterocycles. The Hall–Kier alpha value is -1.44. The Morgan fingerprint density at radius 3 is 2.35 bits per heavy atom. The van der Waals surface area contributed by atoms with Gasteiger partial charge in [-0.3, -0.25) is 4.79 Å². The van der Waals surface area contributed by atoms with E-state index in [0.717, 1.165) is 18.4 Å². The maximum absolute atomic E-state index is 12.3. The van der Waals surface area contributed by atoms with Crippen LogP contribution in [0.4, 0.5) is 0 Å². The molecule has 1 saturated carbocycles. The molecule has 1 aliphatic rings. The zero-order valence-corrected chi connectivity index (χ0v) is 15.8. The number of nitriles is 1. The van der Waals surface area contributed by atoms with Gasteiger partial charge in [0.2, 0.25) is 0 Å². The third kappa shape index (κ3) is 4.10. The summed E-state index contributed by atoms with van der Waals surface area (Å²) >= 11 is 0. The van der Waals surface area contributed by atoms with Gasteiger partial charge in [-0.25, -0.2) is 0 Å². The molecule has 0 radical (unpaired) electrons. The van der Waals surface area contributed by atoms with Crippen molar-refractivity contribution in [2.24, 2.45) is 0 Å². The summed E-state index contributed by atoms with van der Waals surface area (Å²) in [5.74, 6) is 0.205. The van der Waals surface area contributed by atoms with Gasteiger partial charge in [0, 0.05) is 18.4 Å². The molecule has 1 aromatic rings. The van der Waals surface area contributed by atoms with E-state index in [0.29, 0.717) is 17.8 Å². The fourth-order valence-electron chi connectivity index (χ4n) is 2.80. The van der Waals surface area contributed by atoms with Crippen LogP contribution in [0.1, 0.15) is 57.1 Å². The van der Waals surface area contributed by atoms with Gasteiger partial charge in [0.1, 0.15) is 5.78 Å². The molecule has 0 amide bonds. The van der Waals surface area contributed by atoms with Gasteiger partial charge in [0.05, 0.1) is 11.6 Å². The van der Waals surface area contributed by atoms with Crippen LogP contribution in [-0.4, -0.2) is 20.2 Å². The first-order valence-electron chi connectivity index (χ1n) is 8.34. The van der Waals surface area contributed by atoms with E-state index in [-0.39, 0.29) is 17.1 Å². The molecule has 4 heteroatoms. The molecule has 1 aliphatic carbocycles. The van der Waals surface area contributed by atoms with E-state index >= 15 is 0 Å². The fourth-order valence-corrected chi connectivity index (χ4v) is 4.20. The summed E-state index contributed by atoms with van der Waals surface area (Å²) in [6.45, 7) is 11.3. The molecule has 3 nitrogen and oxygen atoms in total. The molecule has 0 heterocycles. The highest BCUT2D eigenvalue weighted by Gasteiger charge is 2.41. The molecule has 124 valence electrons. The number of hydrogen-bond donors (Lipinski definition) is 0. The maximum atomic E-state index is 12.3. The number of carbonyl (C=O) groups is 1. The number of nitrogens with zero attached hydrogens (tertiary/aromatic N) is 1. The number of carbonyl (C=O) groups excluding carboxylic acids is 1. The van der Waals surface area contributed by atoms with Crippen LogP contribution in [0.2, 0.25) is 18.1 Å². The van der Waals surface area contributed by atoms with Crippen molar-refractivity contribution < 1.29 is 9.22 Å². The van der Waals surface area contributed by atoms with Crippen LogP contribution in [-0.2, 0) is 9.22 Å². The van der Waals surface area contributed by atoms with E-state index in [1.807, 2.05) is 12.1 Å². The van der Waals surface area contributed by atoms with Crippen LogP contribution in [0.5, 0.6) is 0 Å². The lowest BCUT2D eigenvalue weighted by molar-refractivity contribution is -0.123. The smallest absolute Gasteiger partial charge is 0.192 e. The van der Waals surface area contributed by atoms with Crippen molar-refractivity contribution in [3.8, 4) is 6.07 Å². The SMILES string of the molecule is CC(C)(C)[Si](C)(C)OC1CCC(=O)C(c2ccc(C#N)cc2)C1. The summed E-state index contributed by atoms with van der Waals surface area (Å²) in [5, 5.41) is 9.08. The van der Waals surface area contributed by atoms with E-state index < -0.39 is 8.32 Å². The lowest BCUT2D eigenvalue weighted by atomic mass is 9.81. The van der Waals surface area contributed by atoms with E-state index in [9.17, 15) is 4.79 Å². The predicted molar refractivity (Wildman–Crippen MR) is 94.8 cm³/mol. The van der Waals surface area contributed by atoms with Crippen LogP contribution in [0, 0.1) is 11.3 Å². The third-order valence-electron chi connectivity index (χ3n) is 5.31. The molecule has 0 aromatic heterocycles. The maximum Gasteiger partial charge on any atom is 0.192 e. The lowest BCUT2D eigenvalue weighted by Crippen LogP contribution is -2.45. The minimum atomic E-state index is -1.81. The Bertz CT molecular complexity index is 608. The number of benzene rings is 1. The second-order valence-electron chi connectivity index (χ2n) is 8.03. The molecule has 1 aromatic carbocycles. The summed E-state index contributed by atoms with van der Waals surface area (Å²) in [6, 6.07) is 9.53. The van der Waals surface area contributed by atoms with Gasteiger partial charge >= 0.3 is 0 Å². The predicted octanol–water partition coefficient (Wildman–Crippen LogP) is 4.79. The Morgan fingerprint density at radius 2 is 1.83 bits per heavy atom. The highest BCUT2D eigenvalue weighted by molar-refractivity contribution is 6.74. The number of Topliss-reactive ketones (excluding diaryl/α,β-unsaturated/α-hetero) is 1. The molecule has 0 spiro atoms. The topological polar surface area (TPSA) is 50.1 Å². The van der Waals surface area contributed by atoms with Gasteiger partial charge in [-0.2, -0.15) is 5.26 Å². The zero-order chi connectivity index (χ0) is 17.3. The summed E-state index contributed by atoms with van der Waals surface area (Å²) in [4.78, 5) is 12.3. The van der Waals surface area contributed by atoms with Gasteiger partial charge < -0.3 is 4.43 Å². The first-order chi connectivity index (χ1) is 10.6. The van der Waals surface area contributed by atoms with Gasteiger partial charge in [-0.1, -0.05) is 32.9 Å². The van der Waals surface area contributed by atoms with Crippen molar-refractivity contribution in [3.63, 3.8) is 0 Å². The Balaban J connectivity index is 2.13. The van der Waals surface area contributed by atoms with Crippen molar-refractivity contribution >= 4 is 14.1 Å². The van der Waals surface area contributed by atoms with Crippen LogP contribution in [0.3, 0.4) is 0 Å². The van der Waals surface area contributed by atoms with E-state index in [1.165, 1.54) is 0 Å². The largest absolute Gasteiger partial charge is 0.414 e. The van der Waals surface area contributed by atoms with Crippen molar-refractivity contribution in [2.75, 3.05) is 0 Å². The normalized spacial score (nSPS) is 22.7. The Labute approximate surface area is 140 Å². The van der Waals surface area contributed by atoms with Gasteiger partial charge in [0.15, 0.2) is 8.32 Å². The van der Waals surface area contributed by atoms with Crippen LogP contribution >= 0.6 is 0 Å². The zero-order valence-electron chi connectivity index (χ0n) is 14.8. The van der Waals surface area contributed by atoms with Crippen LogP contribution in [0.25, 0.3) is 0 Å². The molecule has 2 rings (SSSR count). The average Bonchev–Trinajstić information content (AvgIpc) is 2.48. The molecule has 0 aliphatic heterocycles. The summed E-state index contributed by atoms with van der Waals surface area (Å²) in [7, 11) is -1.81. The third-order valence-corrected chi connectivity index (χ3v) is 9.84. The number of rotatable bonds is 3. The molecule has 2 atom stereocenters. The highest BCUT2D eigenvalue weighted by atomic mass is 28.4. The van der Waals surface area contributed by atoms with Gasteiger partial charge in [-0.15, -0.1) is 0 Å². The van der Waals surface area contributed by atoms with Crippen molar-refractivity contribution in [2.45, 2.75) is 70.2 Å². The summed E-state index contributed by atoms with van der Waals surface area (Å²) in [6.07, 6.45) is 2.34. The minimum absolute atomic E-state index is 0.0914. The van der Waals surface area contributed by atoms with Crippen LogP contribution < -0.4 is 0 Å². The number of hydrogen-bond acceptors (Lipinski definition) is 3. The second kappa shape index (κ2) is 6.58. The van der Waals surface area contributed by atoms with Crippen LogP contribution in [0.15, 0.2) is 24.3 Å². The van der Waals surface area contributed by atoms with E-state index in [1.54, 1.807) is 12.1 Å². The number of ketones is 1. The Kier molecular flexibility index (Phi) is 5.13. The first kappa shape index (κ1) is 17.9. The standard InChI is InChI=1S/C19H27NO2Si/c1-19(2,3)23(4,5)22-16-10-11-18(21)17(12-16)15-8-6-14(13-20)7-9-15/h6-9,16-17H,10-12H2,1-5H3. The monoisotopic (exact) mass is 329 g/mol. The highest BCUT2D eigenvalue weighted by Crippen LogP contribution is 2.40. The quantitative estimate of drug-likeness (QED) is 0.749. The van der Waals surface area contributed by atoms with Crippen molar-refractivity contribution in [1.29, 1.82) is 5.26 Å². The molecule has 1 fully saturated rings. The van der Waals surface area contributed by atoms with Gasteiger partial charge in [-0.05, 0) is 48.7 Å². The van der Waals surface area contributed by atoms with Gasteiger partial charge in [0.25, 0.3) is 0 Å². The molecule has 0 N–H and O–H groups in total. The second-order valence-corrected chi connectivity index (χ2v) is 12.8. The first-order valence-corrected chi connectivity index (χ1v) is 11.3. The Morgan fingerprint density at radius 1 is 1.22 bits per heavy atom. The molecule has 0 bridgehead atoms.